The summed E-state index contributed by atoms with van der Waals surface area (Å²) in [7, 11) is 3.38. The highest BCUT2D eigenvalue weighted by Crippen LogP contribution is 2.25. The lowest BCUT2D eigenvalue weighted by atomic mass is 10.1. The van der Waals surface area contributed by atoms with Gasteiger partial charge in [0.2, 0.25) is 5.91 Å². The van der Waals surface area contributed by atoms with Crippen LogP contribution in [-0.4, -0.2) is 93.1 Å². The van der Waals surface area contributed by atoms with Gasteiger partial charge in [0, 0.05) is 57.9 Å². The second-order valence-corrected chi connectivity index (χ2v) is 7.70. The summed E-state index contributed by atoms with van der Waals surface area (Å²) in [6.07, 6.45) is 2.21. The van der Waals surface area contributed by atoms with Crippen LogP contribution in [0.25, 0.3) is 0 Å². The third kappa shape index (κ3) is 7.13. The molecule has 9 heteroatoms. The number of piperazine rings is 1. The third-order valence-electron chi connectivity index (χ3n) is 5.71. The van der Waals surface area contributed by atoms with Gasteiger partial charge in [0.25, 0.3) is 0 Å². The lowest BCUT2D eigenvalue weighted by Crippen LogP contribution is -2.52. The second kappa shape index (κ2) is 12.9. The molecule has 1 aromatic rings. The maximum Gasteiger partial charge on any atom is 0.244 e. The smallest absolute Gasteiger partial charge is 0.244 e. The minimum atomic E-state index is 0. The molecule has 1 amide bonds. The van der Waals surface area contributed by atoms with E-state index in [1.54, 1.807) is 14.2 Å². The molecule has 31 heavy (non-hydrogen) atoms. The summed E-state index contributed by atoms with van der Waals surface area (Å²) in [5.74, 6) is 2.69. The Morgan fingerprint density at radius 1 is 1.03 bits per heavy atom. The van der Waals surface area contributed by atoms with E-state index in [2.05, 4.69) is 27.0 Å². The van der Waals surface area contributed by atoms with E-state index in [0.717, 1.165) is 88.2 Å². The van der Waals surface area contributed by atoms with Crippen LogP contribution >= 0.6 is 24.0 Å². The van der Waals surface area contributed by atoms with Crippen molar-refractivity contribution in [3.63, 3.8) is 0 Å². The van der Waals surface area contributed by atoms with E-state index in [1.807, 2.05) is 23.1 Å². The summed E-state index contributed by atoms with van der Waals surface area (Å²) < 4.78 is 10.9. The zero-order valence-corrected chi connectivity index (χ0v) is 21.3. The second-order valence-electron chi connectivity index (χ2n) is 7.70. The zero-order valence-electron chi connectivity index (χ0n) is 18.9. The van der Waals surface area contributed by atoms with Crippen LogP contribution < -0.4 is 14.8 Å². The maximum absolute atomic E-state index is 12.3. The number of nitrogens with zero attached hydrogens (tertiary/aromatic N) is 4. The minimum Gasteiger partial charge on any atom is -0.497 e. The molecule has 2 fully saturated rings. The van der Waals surface area contributed by atoms with Crippen molar-refractivity contribution < 1.29 is 14.3 Å². The van der Waals surface area contributed by atoms with Crippen LogP contribution in [-0.2, 0) is 11.3 Å². The Morgan fingerprint density at radius 3 is 2.35 bits per heavy atom. The maximum atomic E-state index is 12.3. The van der Waals surface area contributed by atoms with Crippen molar-refractivity contribution >= 4 is 35.8 Å². The number of aliphatic imine (C=N–C) groups is 1. The van der Waals surface area contributed by atoms with Crippen LogP contribution in [0.3, 0.4) is 0 Å². The summed E-state index contributed by atoms with van der Waals surface area (Å²) in [6.45, 7) is 9.22. The molecule has 8 nitrogen and oxygen atoms in total. The fourth-order valence-electron chi connectivity index (χ4n) is 4.00. The number of rotatable bonds is 7. The van der Waals surface area contributed by atoms with Gasteiger partial charge in [0.1, 0.15) is 18.0 Å². The minimum absolute atomic E-state index is 0. The highest BCUT2D eigenvalue weighted by molar-refractivity contribution is 14.0. The normalized spacial score (nSPS) is 17.3. The lowest BCUT2D eigenvalue weighted by Gasteiger charge is -2.36. The number of benzene rings is 1. The molecular formula is C22H36IN5O3. The van der Waals surface area contributed by atoms with Crippen molar-refractivity contribution in [3.8, 4) is 11.5 Å². The van der Waals surface area contributed by atoms with E-state index in [9.17, 15) is 4.79 Å². The number of ether oxygens (including phenoxy) is 2. The molecule has 1 aromatic carbocycles. The molecule has 3 rings (SSSR count). The summed E-state index contributed by atoms with van der Waals surface area (Å²) in [5, 5.41) is 3.35. The van der Waals surface area contributed by atoms with Gasteiger partial charge in [0.05, 0.1) is 14.2 Å². The molecule has 0 spiro atoms. The van der Waals surface area contributed by atoms with Crippen LogP contribution in [0, 0.1) is 0 Å². The fourth-order valence-corrected chi connectivity index (χ4v) is 4.00. The Bertz CT molecular complexity index is 732. The number of amides is 1. The molecule has 0 unspecified atom stereocenters. The first-order chi connectivity index (χ1) is 14.6. The predicted octanol–water partition coefficient (Wildman–Crippen LogP) is 2.03. The van der Waals surface area contributed by atoms with Crippen LogP contribution in [0.4, 0.5) is 0 Å². The summed E-state index contributed by atoms with van der Waals surface area (Å²) in [4.78, 5) is 23.6. The molecule has 174 valence electrons. The predicted molar refractivity (Wildman–Crippen MR) is 134 cm³/mol. The van der Waals surface area contributed by atoms with Gasteiger partial charge in [-0.05, 0) is 38.0 Å². The first kappa shape index (κ1) is 25.5. The quantitative estimate of drug-likeness (QED) is 0.322. The van der Waals surface area contributed by atoms with E-state index < -0.39 is 0 Å². The summed E-state index contributed by atoms with van der Waals surface area (Å²) >= 11 is 0. The van der Waals surface area contributed by atoms with Gasteiger partial charge < -0.3 is 24.6 Å². The van der Waals surface area contributed by atoms with Gasteiger partial charge in [-0.3, -0.25) is 9.69 Å². The first-order valence-electron chi connectivity index (χ1n) is 10.9. The molecule has 0 aliphatic carbocycles. The van der Waals surface area contributed by atoms with Crippen molar-refractivity contribution in [2.24, 2.45) is 4.99 Å². The van der Waals surface area contributed by atoms with Crippen molar-refractivity contribution in [1.82, 2.24) is 20.0 Å². The molecule has 0 radical (unpaired) electrons. The summed E-state index contributed by atoms with van der Waals surface area (Å²) in [6, 6.07) is 5.92. The molecule has 0 bridgehead atoms. The Balaban J connectivity index is 0.00000341. The number of likely N-dealkylation sites (tertiary alicyclic amines) is 1. The number of methoxy groups -OCH3 is 2. The van der Waals surface area contributed by atoms with Crippen molar-refractivity contribution in [1.29, 1.82) is 0 Å². The standard InChI is InChI=1S/C22H35N5O3.HI/c1-4-23-22(24-16-21(28)26-9-5-6-10-26)27-13-11-25(12-14-27)17-18-15-19(29-2)7-8-20(18)30-3;/h7-8,15H,4-6,9-14,16-17H2,1-3H3,(H,23,24);1H. The molecule has 1 N–H and O–H groups in total. The Hall–Kier alpha value is -1.75. The molecular weight excluding hydrogens is 509 g/mol. The fraction of sp³-hybridized carbons (Fsp3) is 0.636. The zero-order chi connectivity index (χ0) is 21.3. The SMILES string of the molecule is CCNC(=NCC(=O)N1CCCC1)N1CCN(Cc2cc(OC)ccc2OC)CC1.I. The van der Waals surface area contributed by atoms with E-state index in [1.165, 1.54) is 0 Å². The highest BCUT2D eigenvalue weighted by Gasteiger charge is 2.22. The van der Waals surface area contributed by atoms with Crippen LogP contribution in [0.5, 0.6) is 11.5 Å². The number of hydrogen-bond acceptors (Lipinski definition) is 5. The van der Waals surface area contributed by atoms with Crippen molar-refractivity contribution in [2.75, 3.05) is 66.6 Å². The molecule has 2 aliphatic rings. The lowest BCUT2D eigenvalue weighted by molar-refractivity contribution is -0.128. The van der Waals surface area contributed by atoms with Gasteiger partial charge in [-0.15, -0.1) is 24.0 Å². The molecule has 0 atom stereocenters. The Labute approximate surface area is 203 Å². The van der Waals surface area contributed by atoms with Crippen molar-refractivity contribution in [2.45, 2.75) is 26.3 Å². The topological polar surface area (TPSA) is 69.6 Å². The largest absolute Gasteiger partial charge is 0.497 e. The van der Waals surface area contributed by atoms with Gasteiger partial charge >= 0.3 is 0 Å². The number of guanidine groups is 1. The molecule has 2 saturated heterocycles. The first-order valence-corrected chi connectivity index (χ1v) is 10.9. The summed E-state index contributed by atoms with van der Waals surface area (Å²) in [5.41, 5.74) is 1.13. The molecule has 0 aromatic heterocycles. The third-order valence-corrected chi connectivity index (χ3v) is 5.71. The van der Waals surface area contributed by atoms with Gasteiger partial charge in [0.15, 0.2) is 5.96 Å². The van der Waals surface area contributed by atoms with Gasteiger partial charge in [-0.2, -0.15) is 0 Å². The number of hydrogen-bond donors (Lipinski definition) is 1. The number of carbonyl (C=O) groups excluding carboxylic acids is 1. The average Bonchev–Trinajstić information content (AvgIpc) is 3.32. The highest BCUT2D eigenvalue weighted by atomic mass is 127. The molecule has 2 aliphatic heterocycles. The monoisotopic (exact) mass is 545 g/mol. The Morgan fingerprint density at radius 2 is 1.74 bits per heavy atom. The molecule has 0 saturated carbocycles. The van der Waals surface area contributed by atoms with E-state index in [0.29, 0.717) is 0 Å². The van der Waals surface area contributed by atoms with Crippen LogP contribution in [0.15, 0.2) is 23.2 Å². The number of carbonyl (C=O) groups is 1. The van der Waals surface area contributed by atoms with Crippen molar-refractivity contribution in [3.05, 3.63) is 23.8 Å². The van der Waals surface area contributed by atoms with E-state index in [4.69, 9.17) is 9.47 Å². The van der Waals surface area contributed by atoms with Gasteiger partial charge in [-0.1, -0.05) is 0 Å². The molecule has 2 heterocycles. The van der Waals surface area contributed by atoms with E-state index in [-0.39, 0.29) is 36.4 Å². The van der Waals surface area contributed by atoms with Crippen LogP contribution in [0.2, 0.25) is 0 Å². The van der Waals surface area contributed by atoms with Crippen LogP contribution in [0.1, 0.15) is 25.3 Å². The van der Waals surface area contributed by atoms with Gasteiger partial charge in [-0.25, -0.2) is 4.99 Å². The average molecular weight is 545 g/mol. The van der Waals surface area contributed by atoms with E-state index >= 15 is 0 Å². The Kier molecular flexibility index (Phi) is 10.7. The number of nitrogens with one attached hydrogen (secondary N) is 1. The number of halogens is 1.